The standard InChI is InChI=1S/C4H11NOP/c1-3-5-7(6)4-2/h3-4H2,1-2H3,(H,5,6)/q+1. The van der Waals surface area contributed by atoms with Gasteiger partial charge >= 0.3 is 7.95 Å². The maximum absolute atomic E-state index is 10.4. The molecule has 0 aromatic rings. The molecule has 0 spiro atoms. The summed E-state index contributed by atoms with van der Waals surface area (Å²) in [6.07, 6.45) is 0.739. The van der Waals surface area contributed by atoms with Crippen LogP contribution in [-0.4, -0.2) is 12.7 Å². The average Bonchev–Trinajstić information content (AvgIpc) is 1.68. The highest BCUT2D eigenvalue weighted by Gasteiger charge is 2.05. The van der Waals surface area contributed by atoms with E-state index in [9.17, 15) is 4.57 Å². The van der Waals surface area contributed by atoms with Crippen LogP contribution in [0.25, 0.3) is 0 Å². The monoisotopic (exact) mass is 120 g/mol. The van der Waals surface area contributed by atoms with Gasteiger partial charge in [-0.1, -0.05) is 4.57 Å². The summed E-state index contributed by atoms with van der Waals surface area (Å²) < 4.78 is 10.4. The molecule has 1 atom stereocenters. The summed E-state index contributed by atoms with van der Waals surface area (Å²) in [6, 6.07) is 0. The lowest BCUT2D eigenvalue weighted by Crippen LogP contribution is -2.00. The van der Waals surface area contributed by atoms with Crippen LogP contribution in [0.1, 0.15) is 13.8 Å². The van der Waals surface area contributed by atoms with Gasteiger partial charge in [0.2, 0.25) is 0 Å². The number of nitrogens with one attached hydrogen (secondary N) is 1. The van der Waals surface area contributed by atoms with Crippen molar-refractivity contribution in [1.29, 1.82) is 0 Å². The topological polar surface area (TPSA) is 29.1 Å². The Bertz CT molecular complexity index is 64.7. The van der Waals surface area contributed by atoms with Gasteiger partial charge in [0.15, 0.2) is 6.16 Å². The third-order valence-electron chi connectivity index (χ3n) is 0.622. The van der Waals surface area contributed by atoms with Crippen molar-refractivity contribution in [2.24, 2.45) is 0 Å². The minimum Gasteiger partial charge on any atom is -0.109 e. The van der Waals surface area contributed by atoms with Crippen LogP contribution >= 0.6 is 7.95 Å². The Hall–Kier alpha value is 0.0600. The van der Waals surface area contributed by atoms with Crippen molar-refractivity contribution in [2.75, 3.05) is 12.7 Å². The van der Waals surface area contributed by atoms with Crippen LogP contribution in [0.4, 0.5) is 0 Å². The van der Waals surface area contributed by atoms with E-state index in [2.05, 4.69) is 5.09 Å². The fourth-order valence-electron chi connectivity index (χ4n) is 0.288. The second kappa shape index (κ2) is 4.23. The van der Waals surface area contributed by atoms with Crippen molar-refractivity contribution in [3.05, 3.63) is 0 Å². The zero-order valence-corrected chi connectivity index (χ0v) is 5.66. The van der Waals surface area contributed by atoms with E-state index in [1.807, 2.05) is 13.8 Å². The smallest absolute Gasteiger partial charge is 0.109 e. The molecule has 42 valence electrons. The molecular weight excluding hydrogens is 109 g/mol. The minimum atomic E-state index is -1.08. The van der Waals surface area contributed by atoms with Gasteiger partial charge in [0, 0.05) is 6.54 Å². The van der Waals surface area contributed by atoms with Crippen LogP contribution in [0.2, 0.25) is 0 Å². The zero-order valence-electron chi connectivity index (χ0n) is 4.77. The summed E-state index contributed by atoms with van der Waals surface area (Å²) in [5, 5.41) is 2.80. The van der Waals surface area contributed by atoms with Crippen molar-refractivity contribution in [2.45, 2.75) is 13.8 Å². The quantitative estimate of drug-likeness (QED) is 0.569. The Balaban J connectivity index is 3.00. The molecule has 0 aliphatic rings. The Kier molecular flexibility index (Phi) is 4.26. The van der Waals surface area contributed by atoms with Crippen molar-refractivity contribution in [1.82, 2.24) is 5.09 Å². The third kappa shape index (κ3) is 3.90. The molecule has 0 aromatic carbocycles. The van der Waals surface area contributed by atoms with Gasteiger partial charge in [-0.05, 0) is 13.8 Å². The molecule has 0 rings (SSSR count). The van der Waals surface area contributed by atoms with Gasteiger partial charge in [-0.3, -0.25) is 0 Å². The summed E-state index contributed by atoms with van der Waals surface area (Å²) in [4.78, 5) is 0. The number of rotatable bonds is 3. The van der Waals surface area contributed by atoms with Gasteiger partial charge in [-0.25, -0.2) is 0 Å². The first kappa shape index (κ1) is 7.06. The predicted octanol–water partition coefficient (Wildman–Crippen LogP) is 1.36. The molecule has 0 aliphatic carbocycles. The molecule has 1 unspecified atom stereocenters. The van der Waals surface area contributed by atoms with Gasteiger partial charge in [0.1, 0.15) is 0 Å². The minimum absolute atomic E-state index is 0.739. The molecule has 0 fully saturated rings. The van der Waals surface area contributed by atoms with Crippen LogP contribution in [0, 0.1) is 0 Å². The predicted molar refractivity (Wildman–Crippen MR) is 31.8 cm³/mol. The van der Waals surface area contributed by atoms with Gasteiger partial charge in [-0.15, -0.1) is 5.09 Å². The number of hydrogen-bond acceptors (Lipinski definition) is 1. The van der Waals surface area contributed by atoms with Crippen molar-refractivity contribution < 1.29 is 4.57 Å². The molecule has 0 heterocycles. The lowest BCUT2D eigenvalue weighted by Gasteiger charge is -1.77. The van der Waals surface area contributed by atoms with E-state index < -0.39 is 7.95 Å². The van der Waals surface area contributed by atoms with Gasteiger partial charge in [0.05, 0.1) is 0 Å². The van der Waals surface area contributed by atoms with E-state index in [1.165, 1.54) is 0 Å². The second-order valence-electron chi connectivity index (χ2n) is 1.21. The molecule has 1 N–H and O–H groups in total. The van der Waals surface area contributed by atoms with Crippen LogP contribution in [0.5, 0.6) is 0 Å². The Labute approximate surface area is 45.1 Å². The highest BCUT2D eigenvalue weighted by atomic mass is 31.1. The first-order chi connectivity index (χ1) is 3.31. The Morgan fingerprint density at radius 1 is 1.57 bits per heavy atom. The van der Waals surface area contributed by atoms with Crippen molar-refractivity contribution in [3.8, 4) is 0 Å². The van der Waals surface area contributed by atoms with E-state index >= 15 is 0 Å². The first-order valence-electron chi connectivity index (χ1n) is 2.49. The lowest BCUT2D eigenvalue weighted by atomic mass is 10.8. The SMILES string of the molecule is CCN[P+](=O)CC. The summed E-state index contributed by atoms with van der Waals surface area (Å²) in [5.41, 5.74) is 0. The van der Waals surface area contributed by atoms with Crippen LogP contribution in [0.15, 0.2) is 0 Å². The summed E-state index contributed by atoms with van der Waals surface area (Å²) in [7, 11) is -1.08. The van der Waals surface area contributed by atoms with E-state index in [-0.39, 0.29) is 0 Å². The first-order valence-corrected chi connectivity index (χ1v) is 3.93. The van der Waals surface area contributed by atoms with E-state index in [0.717, 1.165) is 12.7 Å². The molecular formula is C4H11NOP+. The summed E-state index contributed by atoms with van der Waals surface area (Å²) in [6.45, 7) is 4.66. The normalized spacial score (nSPS) is 11.4. The van der Waals surface area contributed by atoms with Crippen molar-refractivity contribution >= 4 is 7.95 Å². The summed E-state index contributed by atoms with van der Waals surface area (Å²) >= 11 is 0. The van der Waals surface area contributed by atoms with Crippen molar-refractivity contribution in [3.63, 3.8) is 0 Å². The van der Waals surface area contributed by atoms with E-state index in [1.54, 1.807) is 0 Å². The van der Waals surface area contributed by atoms with Gasteiger partial charge in [0.25, 0.3) is 0 Å². The molecule has 0 aromatic heterocycles. The van der Waals surface area contributed by atoms with Crippen LogP contribution in [0.3, 0.4) is 0 Å². The van der Waals surface area contributed by atoms with E-state index in [0.29, 0.717) is 0 Å². The Morgan fingerprint density at radius 2 is 2.14 bits per heavy atom. The lowest BCUT2D eigenvalue weighted by molar-refractivity contribution is 0.581. The largest absolute Gasteiger partial charge is 0.431 e. The fraction of sp³-hybridized carbons (Fsp3) is 1.00. The van der Waals surface area contributed by atoms with Crippen LogP contribution in [-0.2, 0) is 4.57 Å². The molecule has 0 bridgehead atoms. The number of hydrogen-bond donors (Lipinski definition) is 1. The summed E-state index contributed by atoms with van der Waals surface area (Å²) in [5.74, 6) is 0. The molecule has 0 saturated carbocycles. The molecule has 0 amide bonds. The third-order valence-corrected chi connectivity index (χ3v) is 1.87. The highest BCUT2D eigenvalue weighted by Crippen LogP contribution is 2.10. The maximum atomic E-state index is 10.4. The zero-order chi connectivity index (χ0) is 5.70. The fourth-order valence-corrected chi connectivity index (χ4v) is 0.864. The second-order valence-corrected chi connectivity index (χ2v) is 2.91. The van der Waals surface area contributed by atoms with Crippen LogP contribution < -0.4 is 5.09 Å². The molecule has 0 aliphatic heterocycles. The molecule has 2 nitrogen and oxygen atoms in total. The highest BCUT2D eigenvalue weighted by molar-refractivity contribution is 7.42. The molecule has 3 heteroatoms. The molecule has 0 radical (unpaired) electrons. The van der Waals surface area contributed by atoms with Gasteiger partial charge in [-0.2, -0.15) is 0 Å². The Morgan fingerprint density at radius 3 is 2.29 bits per heavy atom. The molecule has 7 heavy (non-hydrogen) atoms. The average molecular weight is 120 g/mol. The van der Waals surface area contributed by atoms with Gasteiger partial charge < -0.3 is 0 Å². The van der Waals surface area contributed by atoms with E-state index in [4.69, 9.17) is 0 Å². The maximum Gasteiger partial charge on any atom is 0.431 e. The molecule has 0 saturated heterocycles.